The highest BCUT2D eigenvalue weighted by atomic mass is 16.5. The molecule has 0 N–H and O–H groups in total. The molecule has 1 amide bonds. The monoisotopic (exact) mass is 278 g/mol. The molecule has 1 aromatic heterocycles. The van der Waals surface area contributed by atoms with Gasteiger partial charge in [-0.15, -0.1) is 5.10 Å². The third-order valence-electron chi connectivity index (χ3n) is 4.32. The minimum Gasteiger partial charge on any atom is -0.375 e. The van der Waals surface area contributed by atoms with Crippen molar-refractivity contribution in [2.45, 2.75) is 45.3 Å². The van der Waals surface area contributed by atoms with Crippen molar-refractivity contribution in [3.05, 3.63) is 11.9 Å². The van der Waals surface area contributed by atoms with Gasteiger partial charge in [-0.1, -0.05) is 11.6 Å². The fourth-order valence-electron chi connectivity index (χ4n) is 2.84. The zero-order valence-electron chi connectivity index (χ0n) is 12.0. The van der Waals surface area contributed by atoms with Crippen LogP contribution in [-0.2, 0) is 16.1 Å². The molecule has 2 fully saturated rings. The van der Waals surface area contributed by atoms with E-state index in [4.69, 9.17) is 4.74 Å². The van der Waals surface area contributed by atoms with Crippen molar-refractivity contribution in [1.82, 2.24) is 19.9 Å². The number of carbonyl (C=O) groups excluding carboxylic acids is 1. The second-order valence-corrected chi connectivity index (χ2v) is 5.68. The number of aromatic nitrogens is 3. The Bertz CT molecular complexity index is 469. The van der Waals surface area contributed by atoms with Crippen LogP contribution in [0.3, 0.4) is 0 Å². The maximum Gasteiger partial charge on any atom is 0.225 e. The van der Waals surface area contributed by atoms with Crippen LogP contribution in [0.5, 0.6) is 0 Å². The van der Waals surface area contributed by atoms with Crippen LogP contribution in [0.1, 0.15) is 44.3 Å². The largest absolute Gasteiger partial charge is 0.375 e. The first-order chi connectivity index (χ1) is 9.78. The summed E-state index contributed by atoms with van der Waals surface area (Å²) in [5.74, 6) is 0.631. The maximum absolute atomic E-state index is 12.2. The van der Waals surface area contributed by atoms with Crippen LogP contribution in [0.2, 0.25) is 0 Å². The summed E-state index contributed by atoms with van der Waals surface area (Å²) >= 11 is 0. The quantitative estimate of drug-likeness (QED) is 0.816. The van der Waals surface area contributed by atoms with Gasteiger partial charge in [0.25, 0.3) is 0 Å². The molecule has 1 aliphatic carbocycles. The van der Waals surface area contributed by atoms with Crippen molar-refractivity contribution >= 4 is 5.91 Å². The number of ether oxygens (including phenoxy) is 1. The molecule has 0 bridgehead atoms. The van der Waals surface area contributed by atoms with Crippen molar-refractivity contribution < 1.29 is 9.53 Å². The summed E-state index contributed by atoms with van der Waals surface area (Å²) in [4.78, 5) is 14.2. The molecule has 1 atom stereocenters. The van der Waals surface area contributed by atoms with Gasteiger partial charge < -0.3 is 9.64 Å². The van der Waals surface area contributed by atoms with E-state index in [1.807, 2.05) is 22.7 Å². The van der Waals surface area contributed by atoms with Gasteiger partial charge in [0.05, 0.1) is 18.8 Å². The Labute approximate surface area is 119 Å². The number of hydrogen-bond donors (Lipinski definition) is 0. The average molecular weight is 278 g/mol. The molecule has 2 aliphatic rings. The molecule has 3 rings (SSSR count). The predicted molar refractivity (Wildman–Crippen MR) is 72.9 cm³/mol. The molecular weight excluding hydrogens is 256 g/mol. The molecule has 0 aromatic carbocycles. The number of rotatable bonds is 5. The van der Waals surface area contributed by atoms with E-state index in [-0.39, 0.29) is 12.0 Å². The number of amides is 1. The van der Waals surface area contributed by atoms with Crippen molar-refractivity contribution in [3.63, 3.8) is 0 Å². The highest BCUT2D eigenvalue weighted by Gasteiger charge is 2.34. The van der Waals surface area contributed by atoms with Gasteiger partial charge in [0.2, 0.25) is 5.91 Å². The predicted octanol–water partition coefficient (Wildman–Crippen LogP) is 1.39. The summed E-state index contributed by atoms with van der Waals surface area (Å²) < 4.78 is 7.22. The Kier molecular flexibility index (Phi) is 4.00. The lowest BCUT2D eigenvalue weighted by atomic mass is 9.84. The summed E-state index contributed by atoms with van der Waals surface area (Å²) in [6, 6.07) is 0.266. The maximum atomic E-state index is 12.2. The highest BCUT2D eigenvalue weighted by Crippen LogP contribution is 2.31. The summed E-state index contributed by atoms with van der Waals surface area (Å²) in [5.41, 5.74) is 0.857. The lowest BCUT2D eigenvalue weighted by Crippen LogP contribution is -2.37. The topological polar surface area (TPSA) is 60.2 Å². The average Bonchev–Trinajstić information content (AvgIpc) is 3.03. The van der Waals surface area contributed by atoms with Gasteiger partial charge in [0.1, 0.15) is 5.69 Å². The van der Waals surface area contributed by atoms with E-state index in [1.54, 1.807) is 0 Å². The van der Waals surface area contributed by atoms with Crippen LogP contribution in [0.25, 0.3) is 0 Å². The molecule has 1 aromatic rings. The summed E-state index contributed by atoms with van der Waals surface area (Å²) in [5, 5.41) is 8.29. The number of carbonyl (C=O) groups is 1. The van der Waals surface area contributed by atoms with Crippen LogP contribution < -0.4 is 0 Å². The summed E-state index contributed by atoms with van der Waals surface area (Å²) in [6.07, 6.45) is 6.26. The molecule has 1 saturated heterocycles. The van der Waals surface area contributed by atoms with Crippen LogP contribution >= 0.6 is 0 Å². The van der Waals surface area contributed by atoms with Crippen molar-refractivity contribution in [2.24, 2.45) is 5.92 Å². The zero-order valence-corrected chi connectivity index (χ0v) is 12.0. The summed E-state index contributed by atoms with van der Waals surface area (Å²) in [7, 11) is 0. The number of hydrogen-bond acceptors (Lipinski definition) is 4. The highest BCUT2D eigenvalue weighted by molar-refractivity contribution is 5.79. The van der Waals surface area contributed by atoms with Gasteiger partial charge >= 0.3 is 0 Å². The van der Waals surface area contributed by atoms with Gasteiger partial charge in [-0.25, -0.2) is 4.68 Å². The Hall–Kier alpha value is -1.43. The van der Waals surface area contributed by atoms with Gasteiger partial charge in [-0.3, -0.25) is 4.79 Å². The fraction of sp³-hybridized carbons (Fsp3) is 0.786. The molecule has 1 unspecified atom stereocenters. The molecule has 1 aliphatic heterocycles. The van der Waals surface area contributed by atoms with Crippen molar-refractivity contribution in [1.29, 1.82) is 0 Å². The summed E-state index contributed by atoms with van der Waals surface area (Å²) in [6.45, 7) is 4.77. The molecule has 2 heterocycles. The van der Waals surface area contributed by atoms with E-state index in [0.717, 1.165) is 38.0 Å². The van der Waals surface area contributed by atoms with Gasteiger partial charge in [-0.05, 0) is 26.2 Å². The smallest absolute Gasteiger partial charge is 0.225 e. The van der Waals surface area contributed by atoms with Gasteiger partial charge in [0.15, 0.2) is 0 Å². The van der Waals surface area contributed by atoms with E-state index in [1.165, 1.54) is 6.42 Å². The fourth-order valence-corrected chi connectivity index (χ4v) is 2.84. The number of likely N-dealkylation sites (tertiary alicyclic amines) is 1. The van der Waals surface area contributed by atoms with E-state index in [0.29, 0.717) is 19.1 Å². The van der Waals surface area contributed by atoms with Gasteiger partial charge in [-0.2, -0.15) is 0 Å². The van der Waals surface area contributed by atoms with E-state index in [9.17, 15) is 4.79 Å². The first kappa shape index (κ1) is 13.5. The Morgan fingerprint density at radius 3 is 3.00 bits per heavy atom. The normalized spacial score (nSPS) is 23.1. The third-order valence-corrected chi connectivity index (χ3v) is 4.32. The van der Waals surface area contributed by atoms with E-state index in [2.05, 4.69) is 10.3 Å². The zero-order chi connectivity index (χ0) is 13.9. The van der Waals surface area contributed by atoms with Crippen molar-refractivity contribution in [3.8, 4) is 0 Å². The van der Waals surface area contributed by atoms with Crippen LogP contribution in [-0.4, -0.2) is 45.5 Å². The van der Waals surface area contributed by atoms with E-state index < -0.39 is 0 Å². The second kappa shape index (κ2) is 5.91. The third kappa shape index (κ3) is 2.70. The first-order valence-corrected chi connectivity index (χ1v) is 7.55. The Morgan fingerprint density at radius 1 is 1.45 bits per heavy atom. The minimum atomic E-state index is 0.266. The van der Waals surface area contributed by atoms with Crippen molar-refractivity contribution in [2.75, 3.05) is 19.7 Å². The lowest BCUT2D eigenvalue weighted by molar-refractivity contribution is -0.137. The Balaban J connectivity index is 1.56. The second-order valence-electron chi connectivity index (χ2n) is 5.68. The van der Waals surface area contributed by atoms with E-state index >= 15 is 0 Å². The van der Waals surface area contributed by atoms with Crippen LogP contribution in [0.4, 0.5) is 0 Å². The number of nitrogens with zero attached hydrogens (tertiary/aromatic N) is 4. The lowest BCUT2D eigenvalue weighted by Gasteiger charge is -2.29. The van der Waals surface area contributed by atoms with Crippen LogP contribution in [0.15, 0.2) is 6.20 Å². The van der Waals surface area contributed by atoms with Crippen LogP contribution in [0, 0.1) is 5.92 Å². The SMILES string of the molecule is CCOCc1cn(C2CCN(C(=O)C3CCC3)C2)nn1. The molecule has 1 saturated carbocycles. The molecule has 0 radical (unpaired) electrons. The first-order valence-electron chi connectivity index (χ1n) is 7.55. The molecule has 110 valence electrons. The molecule has 6 heteroatoms. The molecule has 20 heavy (non-hydrogen) atoms. The Morgan fingerprint density at radius 2 is 2.30 bits per heavy atom. The van der Waals surface area contributed by atoms with Gasteiger partial charge in [0, 0.05) is 25.6 Å². The standard InChI is InChI=1S/C14H22N4O2/c1-2-20-10-12-8-18(16-15-12)13-6-7-17(9-13)14(19)11-4-3-5-11/h8,11,13H,2-7,9-10H2,1H3. The molecular formula is C14H22N4O2. The molecule has 0 spiro atoms. The minimum absolute atomic E-state index is 0.266. The molecule has 6 nitrogen and oxygen atoms in total.